The van der Waals surface area contributed by atoms with Crippen molar-refractivity contribution in [2.75, 3.05) is 4.90 Å². The number of anilines is 3. The molecule has 0 saturated heterocycles. The molecule has 0 amide bonds. The summed E-state index contributed by atoms with van der Waals surface area (Å²) in [6, 6.07) is 76.3. The lowest BCUT2D eigenvalue weighted by Gasteiger charge is -2.27. The minimum atomic E-state index is 0.857. The summed E-state index contributed by atoms with van der Waals surface area (Å²) >= 11 is 1.87. The second kappa shape index (κ2) is 13.8. The number of para-hydroxylation sites is 2. The zero-order valence-corrected chi connectivity index (χ0v) is 31.8. The summed E-state index contributed by atoms with van der Waals surface area (Å²) < 4.78 is 9.34. The normalized spacial score (nSPS) is 11.5. The van der Waals surface area contributed by atoms with Crippen molar-refractivity contribution in [1.29, 1.82) is 0 Å². The van der Waals surface area contributed by atoms with Gasteiger partial charge in [-0.15, -0.1) is 11.3 Å². The van der Waals surface area contributed by atoms with Gasteiger partial charge in [-0.2, -0.15) is 0 Å². The number of hydrogen-bond donors (Lipinski definition) is 0. The number of hydrogen-bond acceptors (Lipinski definition) is 3. The first-order chi connectivity index (χ1) is 28.3. The Morgan fingerprint density at radius 1 is 0.351 bits per heavy atom. The summed E-state index contributed by atoms with van der Waals surface area (Å²) in [6.07, 6.45) is 0. The van der Waals surface area contributed by atoms with Gasteiger partial charge in [0.15, 0.2) is 5.58 Å². The fourth-order valence-electron chi connectivity index (χ4n) is 8.40. The molecule has 9 aromatic carbocycles. The molecule has 0 N–H and O–H groups in total. The van der Waals surface area contributed by atoms with Gasteiger partial charge in [0.05, 0.1) is 5.69 Å². The van der Waals surface area contributed by atoms with Crippen LogP contribution in [0.1, 0.15) is 0 Å². The van der Waals surface area contributed by atoms with Gasteiger partial charge in [0.25, 0.3) is 0 Å². The highest BCUT2D eigenvalue weighted by molar-refractivity contribution is 7.26. The molecule has 0 aliphatic heterocycles. The van der Waals surface area contributed by atoms with Gasteiger partial charge in [-0.25, -0.2) is 0 Å². The molecular formula is C54H35NOS. The van der Waals surface area contributed by atoms with Crippen LogP contribution in [0.4, 0.5) is 17.1 Å². The molecule has 3 heteroatoms. The van der Waals surface area contributed by atoms with Gasteiger partial charge in [-0.3, -0.25) is 0 Å². The molecule has 0 aliphatic carbocycles. The zero-order valence-electron chi connectivity index (χ0n) is 31.0. The first-order valence-corrected chi connectivity index (χ1v) is 20.1. The van der Waals surface area contributed by atoms with Crippen LogP contribution < -0.4 is 4.90 Å². The standard InChI is InChI=1S/C54H35NOS/c1-3-15-36(16-4-1)39-33-40(45-23-13-25-49-47-22-10-12-28-52(47)57-54(45)49)35-42(34-39)55(50-26-14-24-48-46-21-9-11-27-51(46)56-53(48)50)41-31-29-38(30-32-41)44-20-8-7-19-43(44)37-17-5-2-6-18-37/h1-35H. The Morgan fingerprint density at radius 2 is 0.930 bits per heavy atom. The van der Waals surface area contributed by atoms with Crippen LogP contribution in [0.5, 0.6) is 0 Å². The average Bonchev–Trinajstić information content (AvgIpc) is 3.87. The van der Waals surface area contributed by atoms with E-state index in [1.165, 1.54) is 53.6 Å². The van der Waals surface area contributed by atoms with Crippen LogP contribution in [0.15, 0.2) is 217 Å². The largest absolute Gasteiger partial charge is 0.454 e. The molecule has 11 rings (SSSR count). The summed E-state index contributed by atoms with van der Waals surface area (Å²) in [5, 5.41) is 4.79. The molecule has 0 atom stereocenters. The van der Waals surface area contributed by atoms with Crippen molar-refractivity contribution in [2.24, 2.45) is 0 Å². The number of benzene rings is 9. The Labute approximate surface area is 335 Å². The second-order valence-electron chi connectivity index (χ2n) is 14.5. The van der Waals surface area contributed by atoms with Crippen LogP contribution in [0.2, 0.25) is 0 Å². The third kappa shape index (κ3) is 5.80. The fraction of sp³-hybridized carbons (Fsp3) is 0. The van der Waals surface area contributed by atoms with E-state index in [1.807, 2.05) is 17.4 Å². The summed E-state index contributed by atoms with van der Waals surface area (Å²) in [7, 11) is 0. The molecule has 2 heterocycles. The molecule has 2 nitrogen and oxygen atoms in total. The lowest BCUT2D eigenvalue weighted by Crippen LogP contribution is -2.10. The van der Waals surface area contributed by atoms with Crippen LogP contribution in [0.3, 0.4) is 0 Å². The van der Waals surface area contributed by atoms with E-state index in [1.54, 1.807) is 0 Å². The Bertz CT molecular complexity index is 3230. The van der Waals surface area contributed by atoms with E-state index < -0.39 is 0 Å². The minimum absolute atomic E-state index is 0.857. The number of nitrogens with zero attached hydrogens (tertiary/aromatic N) is 1. The van der Waals surface area contributed by atoms with Crippen molar-refractivity contribution >= 4 is 70.5 Å². The van der Waals surface area contributed by atoms with E-state index in [4.69, 9.17) is 4.42 Å². The van der Waals surface area contributed by atoms with Crippen molar-refractivity contribution in [2.45, 2.75) is 0 Å². The third-order valence-corrected chi connectivity index (χ3v) is 12.3. The van der Waals surface area contributed by atoms with E-state index in [0.29, 0.717) is 0 Å². The fourth-order valence-corrected chi connectivity index (χ4v) is 9.64. The van der Waals surface area contributed by atoms with Gasteiger partial charge in [0.2, 0.25) is 0 Å². The molecule has 2 aromatic heterocycles. The molecule has 0 fully saturated rings. The summed E-state index contributed by atoms with van der Waals surface area (Å²) in [5.41, 5.74) is 14.3. The molecule has 0 unspecified atom stereocenters. The van der Waals surface area contributed by atoms with Gasteiger partial charge in [0.1, 0.15) is 5.58 Å². The molecule has 57 heavy (non-hydrogen) atoms. The van der Waals surface area contributed by atoms with Gasteiger partial charge in [-0.05, 0) is 93.0 Å². The van der Waals surface area contributed by atoms with Crippen LogP contribution in [-0.2, 0) is 0 Å². The predicted molar refractivity (Wildman–Crippen MR) is 243 cm³/mol. The molecule has 11 aromatic rings. The summed E-state index contributed by atoms with van der Waals surface area (Å²) in [5.74, 6) is 0. The van der Waals surface area contributed by atoms with Crippen LogP contribution in [0.25, 0.3) is 86.6 Å². The summed E-state index contributed by atoms with van der Waals surface area (Å²) in [6.45, 7) is 0. The van der Waals surface area contributed by atoms with Gasteiger partial charge < -0.3 is 9.32 Å². The van der Waals surface area contributed by atoms with E-state index in [0.717, 1.165) is 50.1 Å². The molecule has 0 saturated carbocycles. The van der Waals surface area contributed by atoms with E-state index in [-0.39, 0.29) is 0 Å². The maximum atomic E-state index is 6.75. The SMILES string of the molecule is c1ccc(-c2cc(-c3cccc4c3sc3ccccc34)cc(N(c3ccc(-c4ccccc4-c4ccccc4)cc3)c3cccc4c3oc3ccccc34)c2)cc1. The van der Waals surface area contributed by atoms with Crippen LogP contribution in [0, 0.1) is 0 Å². The van der Waals surface area contributed by atoms with E-state index in [9.17, 15) is 0 Å². The van der Waals surface area contributed by atoms with E-state index >= 15 is 0 Å². The van der Waals surface area contributed by atoms with Crippen molar-refractivity contribution < 1.29 is 4.42 Å². The Balaban J connectivity index is 1.15. The first-order valence-electron chi connectivity index (χ1n) is 19.3. The second-order valence-corrected chi connectivity index (χ2v) is 15.5. The zero-order chi connectivity index (χ0) is 37.7. The maximum Gasteiger partial charge on any atom is 0.159 e. The third-order valence-electron chi connectivity index (χ3n) is 11.1. The number of fused-ring (bicyclic) bond motifs is 6. The topological polar surface area (TPSA) is 16.4 Å². The highest BCUT2D eigenvalue weighted by Crippen LogP contribution is 2.47. The Hall–Kier alpha value is -7.20. The van der Waals surface area contributed by atoms with Gasteiger partial charge >= 0.3 is 0 Å². The Morgan fingerprint density at radius 3 is 1.72 bits per heavy atom. The lowest BCUT2D eigenvalue weighted by atomic mass is 9.94. The quantitative estimate of drug-likeness (QED) is 0.162. The monoisotopic (exact) mass is 745 g/mol. The number of furan rings is 1. The summed E-state index contributed by atoms with van der Waals surface area (Å²) in [4.78, 5) is 2.37. The molecule has 268 valence electrons. The van der Waals surface area contributed by atoms with Crippen molar-refractivity contribution in [3.8, 4) is 44.5 Å². The maximum absolute atomic E-state index is 6.75. The minimum Gasteiger partial charge on any atom is -0.454 e. The molecular weight excluding hydrogens is 711 g/mol. The van der Waals surface area contributed by atoms with Gasteiger partial charge in [-0.1, -0.05) is 164 Å². The predicted octanol–water partition coefficient (Wildman–Crippen LogP) is 16.1. The number of thiophene rings is 1. The molecule has 0 radical (unpaired) electrons. The van der Waals surface area contributed by atoms with Crippen molar-refractivity contribution in [3.05, 3.63) is 212 Å². The average molecular weight is 746 g/mol. The van der Waals surface area contributed by atoms with Gasteiger partial charge in [0, 0.05) is 42.3 Å². The first kappa shape index (κ1) is 33.2. The smallest absolute Gasteiger partial charge is 0.159 e. The highest BCUT2D eigenvalue weighted by atomic mass is 32.1. The number of rotatable bonds is 7. The van der Waals surface area contributed by atoms with Crippen molar-refractivity contribution in [3.63, 3.8) is 0 Å². The molecule has 0 spiro atoms. The molecule has 0 aliphatic rings. The van der Waals surface area contributed by atoms with Crippen LogP contribution >= 0.6 is 11.3 Å². The van der Waals surface area contributed by atoms with Crippen LogP contribution in [-0.4, -0.2) is 0 Å². The lowest BCUT2D eigenvalue weighted by molar-refractivity contribution is 0.669. The Kier molecular flexibility index (Phi) is 8.04. The van der Waals surface area contributed by atoms with E-state index in [2.05, 4.69) is 211 Å². The molecule has 0 bridgehead atoms. The van der Waals surface area contributed by atoms with Crippen molar-refractivity contribution in [1.82, 2.24) is 0 Å². The highest BCUT2D eigenvalue weighted by Gasteiger charge is 2.22.